The number of nitrogens with one attached hydrogen (secondary N) is 1. The van der Waals surface area contributed by atoms with Crippen molar-refractivity contribution in [2.75, 3.05) is 46.3 Å². The molecule has 100 valence electrons. The standard InChI is InChI=1S/C13H22N4S/c1-16-5-2-11(8-16)12-10-18-13(15-12)9-17-6-3-14-4-7-17/h10-11,14H,2-9H2,1H3. The van der Waals surface area contributed by atoms with Crippen molar-refractivity contribution in [2.45, 2.75) is 18.9 Å². The maximum absolute atomic E-state index is 4.85. The lowest BCUT2D eigenvalue weighted by atomic mass is 10.1. The number of piperazine rings is 1. The highest BCUT2D eigenvalue weighted by Crippen LogP contribution is 2.27. The summed E-state index contributed by atoms with van der Waals surface area (Å²) in [6.07, 6.45) is 1.27. The van der Waals surface area contributed by atoms with E-state index in [0.717, 1.165) is 32.7 Å². The fourth-order valence-corrected chi connectivity index (χ4v) is 3.74. The molecule has 18 heavy (non-hydrogen) atoms. The zero-order valence-electron chi connectivity index (χ0n) is 11.1. The van der Waals surface area contributed by atoms with Crippen molar-refractivity contribution in [3.8, 4) is 0 Å². The van der Waals surface area contributed by atoms with Crippen LogP contribution in [0.3, 0.4) is 0 Å². The van der Waals surface area contributed by atoms with Crippen LogP contribution in [0.1, 0.15) is 23.0 Å². The Bertz CT molecular complexity index is 386. The summed E-state index contributed by atoms with van der Waals surface area (Å²) in [4.78, 5) is 9.75. The molecule has 0 bridgehead atoms. The van der Waals surface area contributed by atoms with Crippen molar-refractivity contribution in [3.05, 3.63) is 16.1 Å². The average molecular weight is 266 g/mol. The lowest BCUT2D eigenvalue weighted by molar-refractivity contribution is 0.233. The van der Waals surface area contributed by atoms with Gasteiger partial charge < -0.3 is 10.2 Å². The van der Waals surface area contributed by atoms with Gasteiger partial charge in [-0.15, -0.1) is 11.3 Å². The Morgan fingerprint density at radius 1 is 1.39 bits per heavy atom. The Labute approximate surface area is 113 Å². The smallest absolute Gasteiger partial charge is 0.107 e. The van der Waals surface area contributed by atoms with Gasteiger partial charge in [0.2, 0.25) is 0 Å². The van der Waals surface area contributed by atoms with E-state index < -0.39 is 0 Å². The minimum Gasteiger partial charge on any atom is -0.314 e. The third-order valence-corrected chi connectivity index (χ3v) is 4.80. The minimum atomic E-state index is 0.669. The van der Waals surface area contributed by atoms with Crippen LogP contribution in [0, 0.1) is 0 Å². The topological polar surface area (TPSA) is 31.4 Å². The number of hydrogen-bond acceptors (Lipinski definition) is 5. The van der Waals surface area contributed by atoms with E-state index >= 15 is 0 Å². The first kappa shape index (κ1) is 12.5. The Morgan fingerprint density at radius 2 is 2.22 bits per heavy atom. The number of hydrogen-bond donors (Lipinski definition) is 1. The van der Waals surface area contributed by atoms with E-state index in [-0.39, 0.29) is 0 Å². The largest absolute Gasteiger partial charge is 0.314 e. The zero-order chi connectivity index (χ0) is 12.4. The lowest BCUT2D eigenvalue weighted by Crippen LogP contribution is -2.42. The van der Waals surface area contributed by atoms with Crippen LogP contribution < -0.4 is 5.32 Å². The fraction of sp³-hybridized carbons (Fsp3) is 0.769. The van der Waals surface area contributed by atoms with E-state index in [9.17, 15) is 0 Å². The van der Waals surface area contributed by atoms with E-state index in [1.165, 1.54) is 30.2 Å². The molecular formula is C13H22N4S. The highest BCUT2D eigenvalue weighted by atomic mass is 32.1. The molecule has 1 atom stereocenters. The molecule has 1 unspecified atom stereocenters. The maximum atomic E-state index is 4.85. The lowest BCUT2D eigenvalue weighted by Gasteiger charge is -2.26. The van der Waals surface area contributed by atoms with Gasteiger partial charge in [0, 0.05) is 44.0 Å². The maximum Gasteiger partial charge on any atom is 0.107 e. The van der Waals surface area contributed by atoms with Gasteiger partial charge in [0.15, 0.2) is 0 Å². The van der Waals surface area contributed by atoms with Gasteiger partial charge in [-0.25, -0.2) is 4.98 Å². The number of nitrogens with zero attached hydrogens (tertiary/aromatic N) is 3. The molecule has 0 amide bonds. The molecule has 0 spiro atoms. The quantitative estimate of drug-likeness (QED) is 0.883. The van der Waals surface area contributed by atoms with E-state index in [1.807, 2.05) is 11.3 Å². The third kappa shape index (κ3) is 2.91. The number of thiazole rings is 1. The molecule has 2 fully saturated rings. The van der Waals surface area contributed by atoms with E-state index in [4.69, 9.17) is 4.98 Å². The number of rotatable bonds is 3. The molecule has 2 aliphatic rings. The van der Waals surface area contributed by atoms with Crippen LogP contribution in [0.2, 0.25) is 0 Å². The Hall–Kier alpha value is -0.490. The zero-order valence-corrected chi connectivity index (χ0v) is 11.9. The monoisotopic (exact) mass is 266 g/mol. The molecule has 3 rings (SSSR count). The van der Waals surface area contributed by atoms with Crippen LogP contribution in [0.5, 0.6) is 0 Å². The van der Waals surface area contributed by atoms with Gasteiger partial charge >= 0.3 is 0 Å². The van der Waals surface area contributed by atoms with Crippen LogP contribution in [0.25, 0.3) is 0 Å². The van der Waals surface area contributed by atoms with Crippen LogP contribution in [0.15, 0.2) is 5.38 Å². The molecule has 0 aliphatic carbocycles. The van der Waals surface area contributed by atoms with Crippen LogP contribution in [0.4, 0.5) is 0 Å². The molecule has 2 aliphatic heterocycles. The van der Waals surface area contributed by atoms with Crippen molar-refractivity contribution in [3.63, 3.8) is 0 Å². The van der Waals surface area contributed by atoms with Gasteiger partial charge in [-0.1, -0.05) is 0 Å². The second-order valence-corrected chi connectivity index (χ2v) is 6.38. The normalized spacial score (nSPS) is 26.8. The first-order valence-corrected chi connectivity index (χ1v) is 7.75. The van der Waals surface area contributed by atoms with E-state index in [2.05, 4.69) is 27.5 Å². The molecule has 0 radical (unpaired) electrons. The van der Waals surface area contributed by atoms with Crippen molar-refractivity contribution >= 4 is 11.3 Å². The summed E-state index contributed by atoms with van der Waals surface area (Å²) in [5.41, 5.74) is 1.33. The molecule has 1 aromatic heterocycles. The van der Waals surface area contributed by atoms with Crippen molar-refractivity contribution in [2.24, 2.45) is 0 Å². The fourth-order valence-electron chi connectivity index (χ4n) is 2.82. The first-order valence-electron chi connectivity index (χ1n) is 6.87. The summed E-state index contributed by atoms with van der Waals surface area (Å²) in [5.74, 6) is 0.669. The average Bonchev–Trinajstić information content (AvgIpc) is 2.99. The molecule has 5 heteroatoms. The number of likely N-dealkylation sites (N-methyl/N-ethyl adjacent to an activating group) is 1. The highest BCUT2D eigenvalue weighted by molar-refractivity contribution is 7.09. The predicted molar refractivity (Wildman–Crippen MR) is 75.1 cm³/mol. The second kappa shape index (κ2) is 5.65. The molecule has 2 saturated heterocycles. The van der Waals surface area contributed by atoms with Crippen molar-refractivity contribution < 1.29 is 0 Å². The predicted octanol–water partition coefficient (Wildman–Crippen LogP) is 0.967. The SMILES string of the molecule is CN1CCC(c2csc(CN3CCNCC3)n2)C1. The first-order chi connectivity index (χ1) is 8.81. The van der Waals surface area contributed by atoms with E-state index in [0.29, 0.717) is 5.92 Å². The van der Waals surface area contributed by atoms with Crippen molar-refractivity contribution in [1.29, 1.82) is 0 Å². The third-order valence-electron chi connectivity index (χ3n) is 3.95. The van der Waals surface area contributed by atoms with Crippen LogP contribution >= 0.6 is 11.3 Å². The highest BCUT2D eigenvalue weighted by Gasteiger charge is 2.23. The van der Waals surface area contributed by atoms with Crippen LogP contribution in [-0.4, -0.2) is 61.1 Å². The van der Waals surface area contributed by atoms with Gasteiger partial charge in [0.1, 0.15) is 5.01 Å². The van der Waals surface area contributed by atoms with Gasteiger partial charge in [0.25, 0.3) is 0 Å². The van der Waals surface area contributed by atoms with E-state index in [1.54, 1.807) is 0 Å². The summed E-state index contributed by atoms with van der Waals surface area (Å²) in [6.45, 7) is 7.97. The second-order valence-electron chi connectivity index (χ2n) is 5.44. The molecular weight excluding hydrogens is 244 g/mol. The molecule has 0 aromatic carbocycles. The Morgan fingerprint density at radius 3 is 2.94 bits per heavy atom. The molecule has 3 heterocycles. The number of likely N-dealkylation sites (tertiary alicyclic amines) is 1. The summed E-state index contributed by atoms with van der Waals surface area (Å²) >= 11 is 1.84. The van der Waals surface area contributed by atoms with Gasteiger partial charge in [-0.2, -0.15) is 0 Å². The molecule has 4 nitrogen and oxygen atoms in total. The molecule has 0 saturated carbocycles. The summed E-state index contributed by atoms with van der Waals surface area (Å²) < 4.78 is 0. The van der Waals surface area contributed by atoms with Crippen LogP contribution in [-0.2, 0) is 6.54 Å². The summed E-state index contributed by atoms with van der Waals surface area (Å²) in [6, 6.07) is 0. The molecule has 1 N–H and O–H groups in total. The number of aromatic nitrogens is 1. The van der Waals surface area contributed by atoms with Gasteiger partial charge in [-0.05, 0) is 20.0 Å². The Balaban J connectivity index is 1.59. The van der Waals surface area contributed by atoms with Crippen molar-refractivity contribution in [1.82, 2.24) is 20.1 Å². The van der Waals surface area contributed by atoms with Gasteiger partial charge in [-0.3, -0.25) is 4.90 Å². The van der Waals surface area contributed by atoms with Gasteiger partial charge in [0.05, 0.1) is 12.2 Å². The summed E-state index contributed by atoms with van der Waals surface area (Å²) in [7, 11) is 2.20. The Kier molecular flexibility index (Phi) is 3.94. The minimum absolute atomic E-state index is 0.669. The summed E-state index contributed by atoms with van der Waals surface area (Å²) in [5, 5.41) is 6.96. The molecule has 1 aromatic rings.